The van der Waals surface area contributed by atoms with E-state index in [1.807, 2.05) is 0 Å². The minimum absolute atomic E-state index is 0.192. The van der Waals surface area contributed by atoms with E-state index in [9.17, 15) is 0 Å². The Bertz CT molecular complexity index is 409. The van der Waals surface area contributed by atoms with Gasteiger partial charge in [-0.25, -0.2) is 0 Å². The van der Waals surface area contributed by atoms with E-state index in [1.54, 1.807) is 0 Å². The minimum Gasteiger partial charge on any atom is -0.370 e. The molecule has 0 amide bonds. The van der Waals surface area contributed by atoms with Crippen molar-refractivity contribution in [1.82, 2.24) is 0 Å². The molecule has 1 rings (SSSR count). The van der Waals surface area contributed by atoms with Crippen molar-refractivity contribution in [2.45, 2.75) is 68.5 Å². The van der Waals surface area contributed by atoms with E-state index in [1.165, 1.54) is 5.56 Å². The average Bonchev–Trinajstić information content (AvgIpc) is 2.34. The van der Waals surface area contributed by atoms with Crippen LogP contribution >= 0.6 is 22.6 Å². The van der Waals surface area contributed by atoms with Crippen LogP contribution in [0, 0.1) is 0 Å². The van der Waals surface area contributed by atoms with Crippen LogP contribution in [-0.4, -0.2) is 17.7 Å². The first-order valence-electron chi connectivity index (χ1n) is 7.42. The summed E-state index contributed by atoms with van der Waals surface area (Å²) < 4.78 is 6.85. The molecule has 0 aliphatic heterocycles. The quantitative estimate of drug-likeness (QED) is 0.332. The lowest BCUT2D eigenvalue weighted by atomic mass is 10.1. The molecule has 0 spiro atoms. The highest BCUT2D eigenvalue weighted by molar-refractivity contribution is 14.1. The van der Waals surface area contributed by atoms with Crippen LogP contribution in [0.5, 0.6) is 0 Å². The number of hydrogen-bond donors (Lipinski definition) is 0. The summed E-state index contributed by atoms with van der Waals surface area (Å²) in [6, 6.07) is 10.7. The first-order chi connectivity index (χ1) is 9.07. The van der Waals surface area contributed by atoms with Gasteiger partial charge in [0.05, 0.1) is 20.3 Å². The Morgan fingerprint density at radius 3 is 1.95 bits per heavy atom. The highest BCUT2D eigenvalue weighted by Crippen LogP contribution is 2.46. The van der Waals surface area contributed by atoms with Gasteiger partial charge in [-0.3, -0.25) is 0 Å². The third-order valence-electron chi connectivity index (χ3n) is 4.44. The highest BCUT2D eigenvalue weighted by Gasteiger charge is 2.45. The number of benzene rings is 1. The maximum atomic E-state index is 6.31. The molecule has 0 N–H and O–H groups in total. The van der Waals surface area contributed by atoms with E-state index in [0.717, 1.165) is 0 Å². The van der Waals surface area contributed by atoms with Crippen LogP contribution in [-0.2, 0) is 4.74 Å². The van der Waals surface area contributed by atoms with E-state index >= 15 is 0 Å². The number of hydrogen-bond acceptors (Lipinski definition) is 1. The second-order valence-electron chi connectivity index (χ2n) is 7.39. The molecule has 2 atom stereocenters. The van der Waals surface area contributed by atoms with Crippen LogP contribution in [0.1, 0.15) is 46.3 Å². The van der Waals surface area contributed by atoms with E-state index in [-0.39, 0.29) is 12.2 Å². The smallest absolute Gasteiger partial charge is 0.0921 e. The van der Waals surface area contributed by atoms with Gasteiger partial charge in [-0.15, -0.1) is 0 Å². The Balaban J connectivity index is 3.12. The van der Waals surface area contributed by atoms with E-state index in [4.69, 9.17) is 4.74 Å². The third-order valence-corrected chi connectivity index (χ3v) is 15.3. The molecule has 0 radical (unpaired) electrons. The molecule has 0 fully saturated rings. The zero-order valence-corrected chi connectivity index (χ0v) is 17.1. The lowest BCUT2D eigenvalue weighted by Crippen LogP contribution is -2.49. The second-order valence-corrected chi connectivity index (χ2v) is 15.5. The molecule has 0 aliphatic rings. The molecule has 3 heteroatoms. The number of halogens is 1. The Hall–Kier alpha value is 0.127. The average molecular weight is 404 g/mol. The first-order valence-corrected chi connectivity index (χ1v) is 11.7. The molecule has 114 valence electrons. The van der Waals surface area contributed by atoms with Gasteiger partial charge in [0, 0.05) is 3.55 Å². The zero-order chi connectivity index (χ0) is 15.6. The van der Waals surface area contributed by atoms with Crippen LogP contribution < -0.4 is 0 Å². The van der Waals surface area contributed by atoms with Crippen molar-refractivity contribution in [2.75, 3.05) is 0 Å². The van der Waals surface area contributed by atoms with Crippen LogP contribution in [0.2, 0.25) is 18.1 Å². The molecule has 1 aromatic rings. The van der Waals surface area contributed by atoms with Crippen LogP contribution in [0.4, 0.5) is 0 Å². The third kappa shape index (κ3) is 4.31. The molecule has 20 heavy (non-hydrogen) atoms. The predicted octanol–water partition coefficient (Wildman–Crippen LogP) is 6.00. The van der Waals surface area contributed by atoms with E-state index in [0.29, 0.717) is 8.59 Å². The van der Waals surface area contributed by atoms with Crippen LogP contribution in [0.15, 0.2) is 30.3 Å². The molecule has 1 nitrogen and oxygen atoms in total. The monoisotopic (exact) mass is 404 g/mol. The van der Waals surface area contributed by atoms with Crippen molar-refractivity contribution in [3.63, 3.8) is 0 Å². The largest absolute Gasteiger partial charge is 0.370 e. The number of ether oxygens (including phenoxy) is 1. The Labute approximate surface area is 139 Å². The molecule has 1 aromatic carbocycles. The molecule has 0 aromatic heterocycles. The second kappa shape index (κ2) is 6.92. The van der Waals surface area contributed by atoms with Gasteiger partial charge in [0.2, 0.25) is 0 Å². The Morgan fingerprint density at radius 2 is 1.55 bits per heavy atom. The van der Waals surface area contributed by atoms with Gasteiger partial charge in [-0.05, 0) is 24.4 Å². The summed E-state index contributed by atoms with van der Waals surface area (Å²) >= 11 is 2.65. The van der Waals surface area contributed by atoms with Crippen molar-refractivity contribution in [3.05, 3.63) is 35.9 Å². The molecule has 0 unspecified atom stereocenters. The zero-order valence-electron chi connectivity index (χ0n) is 13.9. The maximum absolute atomic E-state index is 6.31. The van der Waals surface area contributed by atoms with Gasteiger partial charge >= 0.3 is 0 Å². The van der Waals surface area contributed by atoms with Gasteiger partial charge in [0.25, 0.3) is 0 Å². The summed E-state index contributed by atoms with van der Waals surface area (Å²) in [6.45, 7) is 16.4. The van der Waals surface area contributed by atoms with Crippen LogP contribution in [0.25, 0.3) is 0 Å². The molecule has 0 heterocycles. The summed E-state index contributed by atoms with van der Waals surface area (Å²) in [5.41, 5.74) is 1.31. The summed E-state index contributed by atoms with van der Waals surface area (Å²) in [5, 5.41) is 0.367. The van der Waals surface area contributed by atoms with Crippen molar-refractivity contribution in [1.29, 1.82) is 0 Å². The van der Waals surface area contributed by atoms with Gasteiger partial charge in [-0.1, -0.05) is 86.8 Å². The minimum atomic E-state index is -1.46. The molecule has 0 saturated heterocycles. The molecule has 0 bridgehead atoms. The predicted molar refractivity (Wildman–Crippen MR) is 100 cm³/mol. The Morgan fingerprint density at radius 1 is 1.05 bits per heavy atom. The first kappa shape index (κ1) is 18.2. The number of rotatable bonds is 5. The maximum Gasteiger partial charge on any atom is 0.0921 e. The van der Waals surface area contributed by atoms with Gasteiger partial charge < -0.3 is 4.74 Å². The highest BCUT2D eigenvalue weighted by atomic mass is 127. The van der Waals surface area contributed by atoms with Crippen molar-refractivity contribution >= 4 is 30.7 Å². The normalized spacial score (nSPS) is 16.2. The summed E-state index contributed by atoms with van der Waals surface area (Å²) in [4.78, 5) is 0. The van der Waals surface area contributed by atoms with Gasteiger partial charge in [0.1, 0.15) is 0 Å². The molecule has 0 aliphatic carbocycles. The van der Waals surface area contributed by atoms with Crippen molar-refractivity contribution < 1.29 is 4.74 Å². The van der Waals surface area contributed by atoms with Gasteiger partial charge in [-0.2, -0.15) is 0 Å². The Kier molecular flexibility index (Phi) is 6.29. The van der Waals surface area contributed by atoms with Gasteiger partial charge in [0.15, 0.2) is 0 Å². The van der Waals surface area contributed by atoms with Crippen molar-refractivity contribution in [3.8, 4) is 0 Å². The fourth-order valence-corrected chi connectivity index (χ4v) is 7.29. The summed E-state index contributed by atoms with van der Waals surface area (Å²) in [7, 11) is -1.46. The van der Waals surface area contributed by atoms with E-state index in [2.05, 4.69) is 101 Å². The molecular weight excluding hydrogens is 375 g/mol. The van der Waals surface area contributed by atoms with E-state index < -0.39 is 8.07 Å². The summed E-state index contributed by atoms with van der Waals surface area (Å²) in [6.07, 6.45) is 0.444. The fourth-order valence-electron chi connectivity index (χ4n) is 2.04. The SMILES string of the molecule is CC(C)O[C@H](c1ccccc1)[C@@H](I)[Si](C)(C)C(C)(C)C. The molecule has 0 saturated carbocycles. The lowest BCUT2D eigenvalue weighted by molar-refractivity contribution is 0.0157. The summed E-state index contributed by atoms with van der Waals surface area (Å²) in [5.74, 6) is 0. The van der Waals surface area contributed by atoms with Crippen molar-refractivity contribution in [2.24, 2.45) is 0 Å². The standard InChI is InChI=1S/C17H29IOSi/c1-13(2)19-15(14-11-9-8-10-12-14)16(18)20(6,7)17(3,4)5/h8-13,15-16H,1-7H3/t15-,16+/m1/s1. The number of alkyl halides is 1. The lowest BCUT2D eigenvalue weighted by Gasteiger charge is -2.44. The fraction of sp³-hybridized carbons (Fsp3) is 0.647. The molecular formula is C17H29IOSi. The van der Waals surface area contributed by atoms with Crippen LogP contribution in [0.3, 0.4) is 0 Å². The topological polar surface area (TPSA) is 9.23 Å².